The van der Waals surface area contributed by atoms with Crippen molar-refractivity contribution in [3.8, 4) is 5.69 Å². The number of urea groups is 1. The van der Waals surface area contributed by atoms with Crippen LogP contribution in [0.15, 0.2) is 85.1 Å². The van der Waals surface area contributed by atoms with Crippen LogP contribution in [-0.4, -0.2) is 34.0 Å². The summed E-state index contributed by atoms with van der Waals surface area (Å²) < 4.78 is 2.16. The van der Waals surface area contributed by atoms with Gasteiger partial charge in [0.25, 0.3) is 0 Å². The second-order valence-corrected chi connectivity index (χ2v) is 10.5. The zero-order valence-corrected chi connectivity index (χ0v) is 22.0. The van der Waals surface area contributed by atoms with Crippen molar-refractivity contribution >= 4 is 23.3 Å². The summed E-state index contributed by atoms with van der Waals surface area (Å²) in [5.74, 6) is -0.0986. The topological polar surface area (TPSA) is 57.6 Å². The van der Waals surface area contributed by atoms with Crippen LogP contribution in [0.1, 0.15) is 46.8 Å². The largest absolute Gasteiger partial charge is 0.322 e. The smallest absolute Gasteiger partial charge is 0.316 e. The SMILES string of the molecule is Cc1cccc(C2c3cccn3-c3ccccc3N2C(=O)CN(C(=O)Nc2ccc(C)c(C)c2)C2CC2)c1. The molecule has 38 heavy (non-hydrogen) atoms. The molecular weight excluding hydrogens is 472 g/mol. The maximum absolute atomic E-state index is 14.3. The predicted molar refractivity (Wildman–Crippen MR) is 151 cm³/mol. The number of benzene rings is 3. The van der Waals surface area contributed by atoms with Crippen molar-refractivity contribution in [2.24, 2.45) is 0 Å². The lowest BCUT2D eigenvalue weighted by molar-refractivity contribution is -0.119. The van der Waals surface area contributed by atoms with Crippen molar-refractivity contribution in [3.05, 3.63) is 113 Å². The van der Waals surface area contributed by atoms with Crippen LogP contribution in [0.25, 0.3) is 5.69 Å². The molecule has 1 aliphatic heterocycles. The summed E-state index contributed by atoms with van der Waals surface area (Å²) in [4.78, 5) is 31.3. The minimum absolute atomic E-state index is 0.0126. The highest BCUT2D eigenvalue weighted by Gasteiger charge is 2.40. The molecule has 1 N–H and O–H groups in total. The van der Waals surface area contributed by atoms with Gasteiger partial charge in [0.1, 0.15) is 12.6 Å². The van der Waals surface area contributed by atoms with E-state index >= 15 is 0 Å². The van der Waals surface area contributed by atoms with Gasteiger partial charge in [-0.2, -0.15) is 0 Å². The van der Waals surface area contributed by atoms with Crippen molar-refractivity contribution in [2.45, 2.75) is 45.7 Å². The van der Waals surface area contributed by atoms with Gasteiger partial charge < -0.3 is 14.8 Å². The Morgan fingerprint density at radius 1 is 0.868 bits per heavy atom. The van der Waals surface area contributed by atoms with Gasteiger partial charge in [0.15, 0.2) is 0 Å². The lowest BCUT2D eigenvalue weighted by Gasteiger charge is -2.39. The average molecular weight is 505 g/mol. The summed E-state index contributed by atoms with van der Waals surface area (Å²) in [5.41, 5.74) is 8.05. The van der Waals surface area contributed by atoms with E-state index in [9.17, 15) is 9.59 Å². The first kappa shape index (κ1) is 24.0. The monoisotopic (exact) mass is 504 g/mol. The number of para-hydroxylation sites is 2. The van der Waals surface area contributed by atoms with Crippen LogP contribution in [0.2, 0.25) is 0 Å². The van der Waals surface area contributed by atoms with Crippen molar-refractivity contribution in [2.75, 3.05) is 16.8 Å². The van der Waals surface area contributed by atoms with Gasteiger partial charge in [-0.1, -0.05) is 48.0 Å². The maximum atomic E-state index is 14.3. The van der Waals surface area contributed by atoms with E-state index in [-0.39, 0.29) is 30.6 Å². The Morgan fingerprint density at radius 3 is 2.39 bits per heavy atom. The molecule has 6 heteroatoms. The molecule has 192 valence electrons. The fraction of sp³-hybridized carbons (Fsp3) is 0.250. The first-order valence-electron chi connectivity index (χ1n) is 13.2. The third kappa shape index (κ3) is 4.36. The van der Waals surface area contributed by atoms with E-state index in [2.05, 4.69) is 41.1 Å². The van der Waals surface area contributed by atoms with E-state index in [0.717, 1.165) is 52.3 Å². The number of nitrogens with zero attached hydrogens (tertiary/aromatic N) is 3. The summed E-state index contributed by atoms with van der Waals surface area (Å²) in [7, 11) is 0. The highest BCUT2D eigenvalue weighted by atomic mass is 16.2. The number of carbonyl (C=O) groups excluding carboxylic acids is 2. The highest BCUT2D eigenvalue weighted by molar-refractivity contribution is 6.01. The molecule has 1 fully saturated rings. The third-order valence-corrected chi connectivity index (χ3v) is 7.66. The number of hydrogen-bond acceptors (Lipinski definition) is 2. The van der Waals surface area contributed by atoms with Gasteiger partial charge in [0.05, 0.1) is 17.1 Å². The molecule has 1 aliphatic carbocycles. The van der Waals surface area contributed by atoms with Gasteiger partial charge in [-0.3, -0.25) is 9.69 Å². The number of aromatic nitrogens is 1. The van der Waals surface area contributed by atoms with Crippen molar-refractivity contribution in [3.63, 3.8) is 0 Å². The molecule has 3 amide bonds. The van der Waals surface area contributed by atoms with Gasteiger partial charge in [-0.15, -0.1) is 0 Å². The highest BCUT2D eigenvalue weighted by Crippen LogP contribution is 2.42. The molecule has 2 aliphatic rings. The van der Waals surface area contributed by atoms with Crippen LogP contribution in [0, 0.1) is 20.8 Å². The molecule has 1 saturated carbocycles. The molecule has 1 atom stereocenters. The molecule has 0 radical (unpaired) electrons. The van der Waals surface area contributed by atoms with E-state index in [1.807, 2.05) is 79.5 Å². The van der Waals surface area contributed by atoms with Gasteiger partial charge in [0.2, 0.25) is 5.91 Å². The third-order valence-electron chi connectivity index (χ3n) is 7.66. The summed E-state index contributed by atoms with van der Waals surface area (Å²) in [6, 6.07) is 25.9. The molecule has 3 aromatic carbocycles. The molecule has 6 rings (SSSR count). The quantitative estimate of drug-likeness (QED) is 0.336. The average Bonchev–Trinajstić information content (AvgIpc) is 3.63. The number of hydrogen-bond donors (Lipinski definition) is 1. The summed E-state index contributed by atoms with van der Waals surface area (Å²) in [5, 5.41) is 3.03. The van der Waals surface area contributed by atoms with Crippen molar-refractivity contribution in [1.82, 2.24) is 9.47 Å². The Labute approximate surface area is 223 Å². The summed E-state index contributed by atoms with van der Waals surface area (Å²) in [6.07, 6.45) is 3.87. The second kappa shape index (κ2) is 9.53. The minimum Gasteiger partial charge on any atom is -0.316 e. The number of aryl methyl sites for hydroxylation is 3. The van der Waals surface area contributed by atoms with Crippen molar-refractivity contribution in [1.29, 1.82) is 0 Å². The van der Waals surface area contributed by atoms with Crippen LogP contribution in [0.4, 0.5) is 16.2 Å². The number of carbonyl (C=O) groups is 2. The predicted octanol–water partition coefficient (Wildman–Crippen LogP) is 6.54. The molecule has 0 bridgehead atoms. The molecule has 2 heterocycles. The van der Waals surface area contributed by atoms with Gasteiger partial charge in [-0.25, -0.2) is 4.79 Å². The van der Waals surface area contributed by atoms with E-state index in [1.54, 1.807) is 4.90 Å². The Bertz CT molecular complexity index is 1530. The first-order valence-corrected chi connectivity index (χ1v) is 13.2. The van der Waals surface area contributed by atoms with Crippen LogP contribution in [0.3, 0.4) is 0 Å². The second-order valence-electron chi connectivity index (χ2n) is 10.5. The van der Waals surface area contributed by atoms with Crippen LogP contribution < -0.4 is 10.2 Å². The van der Waals surface area contributed by atoms with Crippen molar-refractivity contribution < 1.29 is 9.59 Å². The summed E-state index contributed by atoms with van der Waals surface area (Å²) >= 11 is 0. The van der Waals surface area contributed by atoms with Crippen LogP contribution >= 0.6 is 0 Å². The molecule has 4 aromatic rings. The Morgan fingerprint density at radius 2 is 1.66 bits per heavy atom. The van der Waals surface area contributed by atoms with Gasteiger partial charge in [-0.05, 0) is 86.7 Å². The lowest BCUT2D eigenvalue weighted by Crippen LogP contribution is -2.48. The molecule has 6 nitrogen and oxygen atoms in total. The Kier molecular flexibility index (Phi) is 6.03. The molecule has 0 spiro atoms. The number of fused-ring (bicyclic) bond motifs is 3. The summed E-state index contributed by atoms with van der Waals surface area (Å²) in [6.45, 7) is 6.16. The molecule has 0 saturated heterocycles. The zero-order chi connectivity index (χ0) is 26.4. The first-order chi connectivity index (χ1) is 18.4. The van der Waals surface area contributed by atoms with Crippen LogP contribution in [0.5, 0.6) is 0 Å². The normalized spacial score (nSPS) is 16.0. The maximum Gasteiger partial charge on any atom is 0.322 e. The Hall–Kier alpha value is -4.32. The fourth-order valence-electron chi connectivity index (χ4n) is 5.41. The van der Waals surface area contributed by atoms with Gasteiger partial charge >= 0.3 is 6.03 Å². The van der Waals surface area contributed by atoms with Gasteiger partial charge in [0, 0.05) is 17.9 Å². The molecule has 1 aromatic heterocycles. The van der Waals surface area contributed by atoms with Crippen LogP contribution in [-0.2, 0) is 4.79 Å². The number of rotatable bonds is 5. The number of nitrogens with one attached hydrogen (secondary N) is 1. The molecular formula is C32H32N4O2. The van der Waals surface area contributed by atoms with E-state index < -0.39 is 0 Å². The fourth-order valence-corrected chi connectivity index (χ4v) is 5.41. The van der Waals surface area contributed by atoms with E-state index in [0.29, 0.717) is 0 Å². The Balaban J connectivity index is 1.35. The number of anilines is 2. The van der Waals surface area contributed by atoms with E-state index in [1.165, 1.54) is 5.56 Å². The molecule has 1 unspecified atom stereocenters. The zero-order valence-electron chi connectivity index (χ0n) is 22.0. The van der Waals surface area contributed by atoms with E-state index in [4.69, 9.17) is 0 Å². The number of amides is 3. The minimum atomic E-state index is -0.295. The standard InChI is InChI=1S/C32H32N4O2/c1-21-8-6-9-24(18-21)31-29-12-7-17-34(29)27-10-4-5-11-28(27)36(31)30(37)20-35(26-15-16-26)32(38)33-25-14-13-22(2)23(3)19-25/h4-14,17-19,26,31H,15-16,20H2,1-3H3,(H,33,38). The lowest BCUT2D eigenvalue weighted by atomic mass is 9.96.